The molecule has 0 fully saturated rings. The van der Waals surface area contributed by atoms with Crippen molar-refractivity contribution in [2.75, 3.05) is 20.8 Å². The predicted molar refractivity (Wildman–Crippen MR) is 154 cm³/mol. The fourth-order valence-corrected chi connectivity index (χ4v) is 5.75. The number of aryl methyl sites for hydroxylation is 1. The van der Waals surface area contributed by atoms with Crippen LogP contribution in [-0.4, -0.2) is 36.3 Å². The first kappa shape index (κ1) is 24.7. The number of carbonyl (C=O) groups is 1. The Bertz CT molecular complexity index is 1720. The first-order valence-corrected chi connectivity index (χ1v) is 13.2. The Morgan fingerprint density at radius 2 is 1.64 bits per heavy atom. The van der Waals surface area contributed by atoms with Crippen LogP contribution >= 0.6 is 0 Å². The molecule has 3 heterocycles. The first-order valence-electron chi connectivity index (χ1n) is 13.2. The fraction of sp³-hybridized carbons (Fsp3) is 0.212. The Hall–Kier alpha value is -4.58. The van der Waals surface area contributed by atoms with E-state index in [1.54, 1.807) is 14.2 Å². The van der Waals surface area contributed by atoms with Gasteiger partial charge in [-0.1, -0.05) is 48.5 Å². The highest BCUT2D eigenvalue weighted by Crippen LogP contribution is 2.47. The van der Waals surface area contributed by atoms with E-state index >= 15 is 0 Å². The zero-order chi connectivity index (χ0) is 27.1. The van der Waals surface area contributed by atoms with E-state index in [1.165, 1.54) is 0 Å². The summed E-state index contributed by atoms with van der Waals surface area (Å²) in [5, 5.41) is 0.987. The maximum absolute atomic E-state index is 13.8. The van der Waals surface area contributed by atoms with Gasteiger partial charge in [0.25, 0.3) is 0 Å². The number of methoxy groups -OCH3 is 2. The van der Waals surface area contributed by atoms with Gasteiger partial charge in [-0.3, -0.25) is 0 Å². The van der Waals surface area contributed by atoms with Crippen molar-refractivity contribution in [3.05, 3.63) is 89.6 Å². The van der Waals surface area contributed by atoms with Crippen LogP contribution in [0.25, 0.3) is 44.5 Å². The zero-order valence-electron chi connectivity index (χ0n) is 22.6. The summed E-state index contributed by atoms with van der Waals surface area (Å²) in [7, 11) is 3.27. The Kier molecular flexibility index (Phi) is 6.31. The second-order valence-electron chi connectivity index (χ2n) is 9.61. The summed E-state index contributed by atoms with van der Waals surface area (Å²) in [4.78, 5) is 18.8. The van der Waals surface area contributed by atoms with Crippen LogP contribution in [0.1, 0.15) is 28.5 Å². The smallest absolute Gasteiger partial charge is 0.340 e. The molecule has 2 aromatic heterocycles. The van der Waals surface area contributed by atoms with Gasteiger partial charge in [0.2, 0.25) is 0 Å². The maximum atomic E-state index is 13.8. The van der Waals surface area contributed by atoms with Gasteiger partial charge < -0.3 is 18.8 Å². The van der Waals surface area contributed by atoms with Crippen LogP contribution in [0.5, 0.6) is 11.5 Å². The molecule has 0 atom stereocenters. The third-order valence-corrected chi connectivity index (χ3v) is 7.53. The van der Waals surface area contributed by atoms with Crippen LogP contribution < -0.4 is 9.47 Å². The molecule has 1 aliphatic rings. The molecule has 0 saturated heterocycles. The number of hydrogen-bond acceptors (Lipinski definition) is 5. The van der Waals surface area contributed by atoms with E-state index in [2.05, 4.69) is 35.8 Å². The zero-order valence-corrected chi connectivity index (χ0v) is 22.6. The largest absolute Gasteiger partial charge is 0.493 e. The van der Waals surface area contributed by atoms with Crippen molar-refractivity contribution in [3.8, 4) is 45.1 Å². The van der Waals surface area contributed by atoms with Crippen LogP contribution in [0.15, 0.2) is 72.8 Å². The lowest BCUT2D eigenvalue weighted by Crippen LogP contribution is -2.15. The van der Waals surface area contributed by atoms with Crippen molar-refractivity contribution in [3.63, 3.8) is 0 Å². The summed E-state index contributed by atoms with van der Waals surface area (Å²) < 4.78 is 19.2. The van der Waals surface area contributed by atoms with Crippen LogP contribution in [0.2, 0.25) is 0 Å². The number of pyridine rings is 1. The summed E-state index contributed by atoms with van der Waals surface area (Å²) in [6.07, 6.45) is 0.812. The van der Waals surface area contributed by atoms with Gasteiger partial charge in [-0.25, -0.2) is 9.78 Å². The molecule has 0 radical (unpaired) electrons. The standard InChI is InChI=1S/C33H30N2O4/c1-5-39-33(36)31-30(20(2)35-16-15-22-17-28(37-3)29(38-4)19-24(22)32(31)35)25-18-27(21-11-7-6-8-12-21)34-26-14-10-9-13-23(25)26/h6-14,17-19H,5,15-16H2,1-4H3. The van der Waals surface area contributed by atoms with Crippen molar-refractivity contribution in [1.82, 2.24) is 9.55 Å². The second kappa shape index (κ2) is 9.95. The summed E-state index contributed by atoms with van der Waals surface area (Å²) in [6.45, 7) is 4.95. The molecule has 1 aliphatic heterocycles. The monoisotopic (exact) mass is 518 g/mol. The Morgan fingerprint density at radius 3 is 2.38 bits per heavy atom. The van der Waals surface area contributed by atoms with Crippen molar-refractivity contribution < 1.29 is 19.0 Å². The van der Waals surface area contributed by atoms with Crippen LogP contribution in [-0.2, 0) is 17.7 Å². The number of para-hydroxylation sites is 1. The highest BCUT2D eigenvalue weighted by atomic mass is 16.5. The third-order valence-electron chi connectivity index (χ3n) is 7.53. The summed E-state index contributed by atoms with van der Waals surface area (Å²) in [5.74, 6) is 0.966. The highest BCUT2D eigenvalue weighted by Gasteiger charge is 2.33. The minimum absolute atomic E-state index is 0.285. The van der Waals surface area contributed by atoms with E-state index in [0.29, 0.717) is 17.1 Å². The SMILES string of the molecule is CCOC(=O)c1c(-c2cc(-c3ccccc3)nc3ccccc23)c(C)n2c1-c1cc(OC)c(OC)cc1CC2. The normalized spacial score (nSPS) is 12.1. The molecule has 0 unspecified atom stereocenters. The van der Waals surface area contributed by atoms with Gasteiger partial charge >= 0.3 is 5.97 Å². The minimum Gasteiger partial charge on any atom is -0.493 e. The number of nitrogens with zero attached hydrogens (tertiary/aromatic N) is 2. The molecule has 3 aromatic carbocycles. The number of carbonyl (C=O) groups excluding carboxylic acids is 1. The average Bonchev–Trinajstić information content (AvgIpc) is 3.28. The molecule has 196 valence electrons. The average molecular weight is 519 g/mol. The van der Waals surface area contributed by atoms with Crippen molar-refractivity contribution in [1.29, 1.82) is 0 Å². The van der Waals surface area contributed by atoms with E-state index in [4.69, 9.17) is 19.2 Å². The topological polar surface area (TPSA) is 62.6 Å². The van der Waals surface area contributed by atoms with Gasteiger partial charge in [0.15, 0.2) is 11.5 Å². The molecule has 39 heavy (non-hydrogen) atoms. The number of fused-ring (bicyclic) bond motifs is 4. The van der Waals surface area contributed by atoms with Crippen molar-refractivity contribution in [2.24, 2.45) is 0 Å². The van der Waals surface area contributed by atoms with E-state index in [0.717, 1.165) is 68.8 Å². The fourth-order valence-electron chi connectivity index (χ4n) is 5.75. The second-order valence-corrected chi connectivity index (χ2v) is 9.61. The van der Waals surface area contributed by atoms with Gasteiger partial charge in [0, 0.05) is 34.3 Å². The van der Waals surface area contributed by atoms with Crippen LogP contribution in [0.4, 0.5) is 0 Å². The quantitative estimate of drug-likeness (QED) is 0.225. The molecular formula is C33H30N2O4. The summed E-state index contributed by atoms with van der Waals surface area (Å²) >= 11 is 0. The number of aromatic nitrogens is 2. The number of rotatable bonds is 6. The first-order chi connectivity index (χ1) is 19.0. The third kappa shape index (κ3) is 4.04. The van der Waals surface area contributed by atoms with E-state index in [-0.39, 0.29) is 12.6 Å². The van der Waals surface area contributed by atoms with E-state index < -0.39 is 0 Å². The molecular weight excluding hydrogens is 488 g/mol. The molecule has 0 spiro atoms. The number of hydrogen-bond donors (Lipinski definition) is 0. The minimum atomic E-state index is -0.339. The molecule has 0 bridgehead atoms. The predicted octanol–water partition coefficient (Wildman–Crippen LogP) is 7.10. The van der Waals surface area contributed by atoms with Crippen molar-refractivity contribution in [2.45, 2.75) is 26.8 Å². The lowest BCUT2D eigenvalue weighted by molar-refractivity contribution is 0.0528. The number of benzene rings is 3. The number of ether oxygens (including phenoxy) is 3. The number of esters is 1. The van der Waals surface area contributed by atoms with Gasteiger partial charge in [0.05, 0.1) is 43.3 Å². The molecule has 0 amide bonds. The lowest BCUT2D eigenvalue weighted by atomic mass is 9.91. The highest BCUT2D eigenvalue weighted by molar-refractivity contribution is 6.09. The molecule has 6 heteroatoms. The van der Waals surface area contributed by atoms with Gasteiger partial charge in [-0.05, 0) is 55.7 Å². The van der Waals surface area contributed by atoms with Gasteiger partial charge in [-0.15, -0.1) is 0 Å². The molecule has 0 aliphatic carbocycles. The van der Waals surface area contributed by atoms with E-state index in [9.17, 15) is 4.79 Å². The Balaban J connectivity index is 1.70. The molecule has 6 nitrogen and oxygen atoms in total. The summed E-state index contributed by atoms with van der Waals surface area (Å²) in [5.41, 5.74) is 9.09. The molecule has 6 rings (SSSR count). The molecule has 0 N–H and O–H groups in total. The maximum Gasteiger partial charge on any atom is 0.340 e. The molecule has 5 aromatic rings. The van der Waals surface area contributed by atoms with Gasteiger partial charge in [0.1, 0.15) is 0 Å². The Morgan fingerprint density at radius 1 is 0.923 bits per heavy atom. The summed E-state index contributed by atoms with van der Waals surface area (Å²) in [6, 6.07) is 24.3. The van der Waals surface area contributed by atoms with E-state index in [1.807, 2.05) is 55.5 Å². The van der Waals surface area contributed by atoms with Crippen LogP contribution in [0, 0.1) is 6.92 Å². The van der Waals surface area contributed by atoms with Crippen LogP contribution in [0.3, 0.4) is 0 Å². The van der Waals surface area contributed by atoms with Gasteiger partial charge in [-0.2, -0.15) is 0 Å². The Labute approximate surface area is 227 Å². The van der Waals surface area contributed by atoms with Crippen molar-refractivity contribution >= 4 is 16.9 Å². The lowest BCUT2D eigenvalue weighted by Gasteiger charge is -2.23. The molecule has 0 saturated carbocycles.